The molecule has 0 radical (unpaired) electrons. The predicted octanol–water partition coefficient (Wildman–Crippen LogP) is 1.28. The van der Waals surface area contributed by atoms with Crippen LogP contribution in [0.4, 0.5) is 0 Å². The van der Waals surface area contributed by atoms with Gasteiger partial charge in [0.05, 0.1) is 6.54 Å². The Morgan fingerprint density at radius 3 is 3.29 bits per heavy atom. The molecule has 1 aliphatic heterocycles. The van der Waals surface area contributed by atoms with Crippen LogP contribution in [0.1, 0.15) is 12.8 Å². The summed E-state index contributed by atoms with van der Waals surface area (Å²) >= 11 is 0. The first kappa shape index (κ1) is 9.46. The normalized spacial score (nSPS) is 26.9. The van der Waals surface area contributed by atoms with Crippen LogP contribution in [-0.4, -0.2) is 35.6 Å². The molecule has 0 saturated carbocycles. The van der Waals surface area contributed by atoms with Gasteiger partial charge in [0.15, 0.2) is 0 Å². The van der Waals surface area contributed by atoms with Crippen molar-refractivity contribution >= 4 is 5.97 Å². The summed E-state index contributed by atoms with van der Waals surface area (Å²) in [5.41, 5.74) is 1.40. The summed E-state index contributed by atoms with van der Waals surface area (Å²) in [6.45, 7) is 1.93. The molecule has 76 valence electrons. The SMILES string of the molecule is O=C(O)CN1CCC2CC=CC=C2C1. The zero-order chi connectivity index (χ0) is 9.97. The Hall–Kier alpha value is -1.09. The third kappa shape index (κ3) is 2.04. The van der Waals surface area contributed by atoms with Gasteiger partial charge >= 0.3 is 5.97 Å². The second kappa shape index (κ2) is 3.96. The number of rotatable bonds is 2. The lowest BCUT2D eigenvalue weighted by Crippen LogP contribution is -2.39. The zero-order valence-electron chi connectivity index (χ0n) is 8.15. The second-order valence-electron chi connectivity index (χ2n) is 4.00. The molecule has 0 aromatic carbocycles. The minimum absolute atomic E-state index is 0.174. The fraction of sp³-hybridized carbons (Fsp3) is 0.545. The molecule has 2 rings (SSSR count). The van der Waals surface area contributed by atoms with Gasteiger partial charge in [-0.2, -0.15) is 0 Å². The number of allylic oxidation sites excluding steroid dienone is 3. The van der Waals surface area contributed by atoms with E-state index < -0.39 is 5.97 Å². The summed E-state index contributed by atoms with van der Waals surface area (Å²) in [6.07, 6.45) is 8.65. The molecule has 0 amide bonds. The van der Waals surface area contributed by atoms with E-state index in [-0.39, 0.29) is 6.54 Å². The molecule has 1 saturated heterocycles. The molecule has 0 aromatic heterocycles. The van der Waals surface area contributed by atoms with Crippen molar-refractivity contribution in [3.63, 3.8) is 0 Å². The molecule has 1 fully saturated rings. The summed E-state index contributed by atoms with van der Waals surface area (Å²) in [5, 5.41) is 8.69. The van der Waals surface area contributed by atoms with Crippen LogP contribution in [0.25, 0.3) is 0 Å². The lowest BCUT2D eigenvalue weighted by molar-refractivity contribution is -0.138. The molecular weight excluding hydrogens is 178 g/mol. The molecule has 3 nitrogen and oxygen atoms in total. The van der Waals surface area contributed by atoms with Crippen molar-refractivity contribution in [1.82, 2.24) is 4.90 Å². The Balaban J connectivity index is 1.98. The zero-order valence-corrected chi connectivity index (χ0v) is 8.15. The maximum Gasteiger partial charge on any atom is 0.317 e. The Labute approximate surface area is 83.7 Å². The standard InChI is InChI=1S/C11H15NO2/c13-11(14)8-12-6-5-9-3-1-2-4-10(9)7-12/h1-2,4,9H,3,5-8H2,(H,13,14). The fourth-order valence-electron chi connectivity index (χ4n) is 2.21. The lowest BCUT2D eigenvalue weighted by atomic mass is 9.85. The van der Waals surface area contributed by atoms with Crippen molar-refractivity contribution in [2.24, 2.45) is 5.92 Å². The van der Waals surface area contributed by atoms with E-state index in [4.69, 9.17) is 5.11 Å². The lowest BCUT2D eigenvalue weighted by Gasteiger charge is -2.34. The highest BCUT2D eigenvalue weighted by atomic mass is 16.4. The molecule has 1 atom stereocenters. The molecule has 1 heterocycles. The van der Waals surface area contributed by atoms with E-state index >= 15 is 0 Å². The summed E-state index contributed by atoms with van der Waals surface area (Å²) in [5.74, 6) is -0.0551. The number of carboxylic acid groups (broad SMARTS) is 1. The van der Waals surface area contributed by atoms with Crippen LogP contribution in [0.2, 0.25) is 0 Å². The number of fused-ring (bicyclic) bond motifs is 1. The van der Waals surface area contributed by atoms with Crippen molar-refractivity contribution in [1.29, 1.82) is 0 Å². The number of piperidine rings is 1. The number of carboxylic acids is 1. The minimum Gasteiger partial charge on any atom is -0.480 e. The topological polar surface area (TPSA) is 40.5 Å². The van der Waals surface area contributed by atoms with Gasteiger partial charge in [-0.25, -0.2) is 0 Å². The van der Waals surface area contributed by atoms with Crippen molar-refractivity contribution in [2.75, 3.05) is 19.6 Å². The molecule has 0 aromatic rings. The molecule has 1 unspecified atom stereocenters. The molecule has 0 spiro atoms. The van der Waals surface area contributed by atoms with Crippen LogP contribution in [-0.2, 0) is 4.79 Å². The molecule has 1 aliphatic carbocycles. The van der Waals surface area contributed by atoms with E-state index in [1.54, 1.807) is 0 Å². The average molecular weight is 193 g/mol. The van der Waals surface area contributed by atoms with Crippen molar-refractivity contribution in [3.8, 4) is 0 Å². The van der Waals surface area contributed by atoms with Gasteiger partial charge in [0, 0.05) is 6.54 Å². The largest absolute Gasteiger partial charge is 0.480 e. The highest BCUT2D eigenvalue weighted by Gasteiger charge is 2.24. The third-order valence-electron chi connectivity index (χ3n) is 2.95. The Morgan fingerprint density at radius 2 is 2.50 bits per heavy atom. The van der Waals surface area contributed by atoms with E-state index in [0.29, 0.717) is 5.92 Å². The van der Waals surface area contributed by atoms with E-state index in [0.717, 1.165) is 25.9 Å². The summed E-state index contributed by atoms with van der Waals surface area (Å²) < 4.78 is 0. The first-order chi connectivity index (χ1) is 6.75. The van der Waals surface area contributed by atoms with Gasteiger partial charge in [-0.15, -0.1) is 0 Å². The number of nitrogens with zero attached hydrogens (tertiary/aromatic N) is 1. The van der Waals surface area contributed by atoms with Gasteiger partial charge < -0.3 is 5.11 Å². The van der Waals surface area contributed by atoms with Crippen molar-refractivity contribution in [3.05, 3.63) is 23.8 Å². The quantitative estimate of drug-likeness (QED) is 0.718. The van der Waals surface area contributed by atoms with Gasteiger partial charge in [0.25, 0.3) is 0 Å². The van der Waals surface area contributed by atoms with Gasteiger partial charge in [-0.05, 0) is 25.3 Å². The fourth-order valence-corrected chi connectivity index (χ4v) is 2.21. The monoisotopic (exact) mass is 193 g/mol. The van der Waals surface area contributed by atoms with Gasteiger partial charge in [0.1, 0.15) is 0 Å². The van der Waals surface area contributed by atoms with Crippen molar-refractivity contribution in [2.45, 2.75) is 12.8 Å². The van der Waals surface area contributed by atoms with E-state index in [1.165, 1.54) is 5.57 Å². The van der Waals surface area contributed by atoms with E-state index in [9.17, 15) is 4.79 Å². The van der Waals surface area contributed by atoms with E-state index in [2.05, 4.69) is 18.2 Å². The van der Waals surface area contributed by atoms with Crippen LogP contribution in [0, 0.1) is 5.92 Å². The maximum absolute atomic E-state index is 10.6. The number of aliphatic carboxylic acids is 1. The predicted molar refractivity (Wildman–Crippen MR) is 54.0 cm³/mol. The summed E-state index contributed by atoms with van der Waals surface area (Å²) in [7, 11) is 0. The molecule has 3 heteroatoms. The smallest absolute Gasteiger partial charge is 0.317 e. The molecule has 14 heavy (non-hydrogen) atoms. The summed E-state index contributed by atoms with van der Waals surface area (Å²) in [6, 6.07) is 0. The average Bonchev–Trinajstić information content (AvgIpc) is 2.17. The van der Waals surface area contributed by atoms with Crippen LogP contribution >= 0.6 is 0 Å². The number of carbonyl (C=O) groups is 1. The molecule has 1 N–H and O–H groups in total. The van der Waals surface area contributed by atoms with Gasteiger partial charge in [-0.1, -0.05) is 23.8 Å². The summed E-state index contributed by atoms with van der Waals surface area (Å²) in [4.78, 5) is 12.6. The minimum atomic E-state index is -0.726. The van der Waals surface area contributed by atoms with E-state index in [1.807, 2.05) is 4.90 Å². The number of hydrogen-bond acceptors (Lipinski definition) is 2. The molecule has 0 bridgehead atoms. The Bertz CT molecular complexity index is 294. The number of likely N-dealkylation sites (tertiary alicyclic amines) is 1. The highest BCUT2D eigenvalue weighted by Crippen LogP contribution is 2.28. The second-order valence-corrected chi connectivity index (χ2v) is 4.00. The van der Waals surface area contributed by atoms with Gasteiger partial charge in [-0.3, -0.25) is 9.69 Å². The van der Waals surface area contributed by atoms with Gasteiger partial charge in [0.2, 0.25) is 0 Å². The van der Waals surface area contributed by atoms with Crippen LogP contribution in [0.5, 0.6) is 0 Å². The number of hydrogen-bond donors (Lipinski definition) is 1. The first-order valence-electron chi connectivity index (χ1n) is 5.05. The Kier molecular flexibility index (Phi) is 2.68. The first-order valence-corrected chi connectivity index (χ1v) is 5.05. The van der Waals surface area contributed by atoms with Crippen LogP contribution in [0.3, 0.4) is 0 Å². The van der Waals surface area contributed by atoms with Crippen molar-refractivity contribution < 1.29 is 9.90 Å². The Morgan fingerprint density at radius 1 is 1.64 bits per heavy atom. The maximum atomic E-state index is 10.6. The molecule has 2 aliphatic rings. The van der Waals surface area contributed by atoms with Crippen LogP contribution < -0.4 is 0 Å². The highest BCUT2D eigenvalue weighted by molar-refractivity contribution is 5.69. The molecular formula is C11H15NO2. The third-order valence-corrected chi connectivity index (χ3v) is 2.95. The van der Waals surface area contributed by atoms with Crippen LogP contribution in [0.15, 0.2) is 23.8 Å².